The first-order chi connectivity index (χ1) is 13.2. The molecular formula is C19H18N4O3S. The summed E-state index contributed by atoms with van der Waals surface area (Å²) in [6.45, 7) is 0.624. The Bertz CT molecular complexity index is 945. The summed E-state index contributed by atoms with van der Waals surface area (Å²) in [5, 5.41) is 10.8. The van der Waals surface area contributed by atoms with Gasteiger partial charge in [-0.15, -0.1) is 10.2 Å². The van der Waals surface area contributed by atoms with Crippen LogP contribution in [0.1, 0.15) is 11.4 Å². The molecule has 3 aromatic rings. The highest BCUT2D eigenvalue weighted by Crippen LogP contribution is 2.25. The van der Waals surface area contributed by atoms with Gasteiger partial charge in [0.1, 0.15) is 18.1 Å². The lowest BCUT2D eigenvalue weighted by Crippen LogP contribution is -2.45. The van der Waals surface area contributed by atoms with Crippen molar-refractivity contribution in [3.05, 3.63) is 66.0 Å². The van der Waals surface area contributed by atoms with Crippen LogP contribution in [0, 0.1) is 0 Å². The van der Waals surface area contributed by atoms with Gasteiger partial charge in [-0.1, -0.05) is 42.1 Å². The maximum Gasteiger partial charge on any atom is 0.252 e. The second-order valence-corrected chi connectivity index (χ2v) is 6.85. The van der Waals surface area contributed by atoms with Crippen molar-refractivity contribution in [3.63, 3.8) is 0 Å². The number of nitrogens with zero attached hydrogens (tertiary/aromatic N) is 4. The molecule has 0 aliphatic carbocycles. The first-order valence-electron chi connectivity index (χ1n) is 8.43. The second-order valence-electron chi connectivity index (χ2n) is 5.90. The fraction of sp³-hybridized carbons (Fsp3) is 0.211. The molecule has 1 amide bonds. The highest BCUT2D eigenvalue weighted by molar-refractivity contribution is 7.99. The molecule has 0 bridgehead atoms. The number of ether oxygens (including phenoxy) is 2. The molecule has 27 heavy (non-hydrogen) atoms. The Labute approximate surface area is 160 Å². The monoisotopic (exact) mass is 382 g/mol. The molecule has 0 unspecified atom stereocenters. The zero-order valence-electron chi connectivity index (χ0n) is 14.7. The number of para-hydroxylation sites is 1. The lowest BCUT2D eigenvalue weighted by atomic mass is 10.2. The second kappa shape index (κ2) is 7.71. The molecule has 0 atom stereocenters. The molecule has 0 saturated carbocycles. The first-order valence-corrected chi connectivity index (χ1v) is 9.41. The summed E-state index contributed by atoms with van der Waals surface area (Å²) in [5.41, 5.74) is 0.962. The number of aromatic nitrogens is 3. The molecule has 138 valence electrons. The van der Waals surface area contributed by atoms with Crippen LogP contribution in [0.4, 0.5) is 0 Å². The first kappa shape index (κ1) is 17.4. The van der Waals surface area contributed by atoms with Crippen molar-refractivity contribution < 1.29 is 14.3 Å². The molecule has 1 aromatic heterocycles. The van der Waals surface area contributed by atoms with E-state index in [1.807, 2.05) is 54.6 Å². The Morgan fingerprint density at radius 2 is 1.89 bits per heavy atom. The highest BCUT2D eigenvalue weighted by Gasteiger charge is 2.29. The summed E-state index contributed by atoms with van der Waals surface area (Å²) < 4.78 is 12.8. The summed E-state index contributed by atoms with van der Waals surface area (Å²) in [6, 6.07) is 17.2. The number of amides is 1. The van der Waals surface area contributed by atoms with Crippen LogP contribution in [0.2, 0.25) is 0 Å². The van der Waals surface area contributed by atoms with Gasteiger partial charge >= 0.3 is 0 Å². The molecule has 0 radical (unpaired) electrons. The average molecular weight is 382 g/mol. The van der Waals surface area contributed by atoms with E-state index in [-0.39, 0.29) is 12.5 Å². The molecule has 0 fully saturated rings. The normalized spacial score (nSPS) is 13.4. The lowest BCUT2D eigenvalue weighted by molar-refractivity contribution is -0.118. The van der Waals surface area contributed by atoms with Gasteiger partial charge in [-0.25, -0.2) is 9.69 Å². The number of hydrogen-bond acceptors (Lipinski definition) is 6. The van der Waals surface area contributed by atoms with E-state index in [1.165, 1.54) is 11.8 Å². The van der Waals surface area contributed by atoms with Gasteiger partial charge in [0.2, 0.25) is 5.16 Å². The predicted octanol–water partition coefficient (Wildman–Crippen LogP) is 2.64. The minimum Gasteiger partial charge on any atom is -0.497 e. The predicted molar refractivity (Wildman–Crippen MR) is 101 cm³/mol. The average Bonchev–Trinajstić information content (AvgIpc) is 3.13. The van der Waals surface area contributed by atoms with Crippen LogP contribution in [0.15, 0.2) is 59.8 Å². The van der Waals surface area contributed by atoms with Crippen LogP contribution in [0.25, 0.3) is 0 Å². The topological polar surface area (TPSA) is 69.5 Å². The number of carbonyl (C=O) groups is 1. The molecule has 7 nitrogen and oxygen atoms in total. The van der Waals surface area contributed by atoms with Crippen molar-refractivity contribution in [2.24, 2.45) is 0 Å². The van der Waals surface area contributed by atoms with E-state index in [4.69, 9.17) is 9.47 Å². The number of benzene rings is 2. The number of methoxy groups -OCH3 is 1. The van der Waals surface area contributed by atoms with E-state index in [2.05, 4.69) is 10.2 Å². The van der Waals surface area contributed by atoms with Gasteiger partial charge in [0.05, 0.1) is 19.4 Å². The Balaban J connectivity index is 1.59. The van der Waals surface area contributed by atoms with Crippen LogP contribution >= 0.6 is 11.8 Å². The summed E-state index contributed by atoms with van der Waals surface area (Å²) in [7, 11) is 1.62. The molecule has 8 heteroatoms. The van der Waals surface area contributed by atoms with E-state index in [9.17, 15) is 4.79 Å². The number of carbonyl (C=O) groups excluding carboxylic acids is 1. The maximum absolute atomic E-state index is 12.6. The Morgan fingerprint density at radius 1 is 1.07 bits per heavy atom. The standard InChI is InChI=1S/C19H18N4O3S/c1-25-16-9-5-6-14(10-16)11-22-18(24)13-27-19-21-20-17(23(19)22)12-26-15-7-3-2-4-8-15/h2-10H,11-13H2,1H3. The molecule has 2 heterocycles. The SMILES string of the molecule is COc1cccc(CN2C(=O)CSc3nnc(COc4ccccc4)n32)c1. The van der Waals surface area contributed by atoms with Gasteiger partial charge < -0.3 is 9.47 Å². The molecule has 2 aromatic carbocycles. The largest absolute Gasteiger partial charge is 0.497 e. The van der Waals surface area contributed by atoms with Gasteiger partial charge in [-0.2, -0.15) is 0 Å². The molecule has 0 spiro atoms. The highest BCUT2D eigenvalue weighted by atomic mass is 32.2. The van der Waals surface area contributed by atoms with E-state index >= 15 is 0 Å². The van der Waals surface area contributed by atoms with Crippen molar-refractivity contribution in [1.82, 2.24) is 14.9 Å². The summed E-state index contributed by atoms with van der Waals surface area (Å²) in [6.07, 6.45) is 0. The van der Waals surface area contributed by atoms with Gasteiger partial charge in [0, 0.05) is 0 Å². The van der Waals surface area contributed by atoms with Crippen molar-refractivity contribution in [3.8, 4) is 11.5 Å². The molecule has 0 saturated heterocycles. The maximum atomic E-state index is 12.6. The number of fused-ring (bicyclic) bond motifs is 1. The third-order valence-electron chi connectivity index (χ3n) is 4.11. The fourth-order valence-corrected chi connectivity index (χ4v) is 3.62. The molecule has 0 N–H and O–H groups in total. The van der Waals surface area contributed by atoms with Crippen molar-refractivity contribution in [2.75, 3.05) is 17.9 Å². The lowest BCUT2D eigenvalue weighted by Gasteiger charge is -2.29. The van der Waals surface area contributed by atoms with Crippen molar-refractivity contribution in [2.45, 2.75) is 18.3 Å². The number of hydrogen-bond donors (Lipinski definition) is 0. The smallest absolute Gasteiger partial charge is 0.252 e. The van der Waals surface area contributed by atoms with Crippen LogP contribution in [-0.2, 0) is 17.9 Å². The summed E-state index contributed by atoms with van der Waals surface area (Å²) in [5.74, 6) is 2.40. The third-order valence-corrected chi connectivity index (χ3v) is 5.01. The van der Waals surface area contributed by atoms with Crippen molar-refractivity contribution in [1.29, 1.82) is 0 Å². The minimum absolute atomic E-state index is 0.00363. The molecule has 1 aliphatic heterocycles. The third kappa shape index (κ3) is 3.75. The fourth-order valence-electron chi connectivity index (χ4n) is 2.80. The minimum atomic E-state index is -0.00363. The quantitative estimate of drug-likeness (QED) is 0.653. The number of thioether (sulfide) groups is 1. The molecule has 1 aliphatic rings. The molecular weight excluding hydrogens is 364 g/mol. The Morgan fingerprint density at radius 3 is 2.70 bits per heavy atom. The van der Waals surface area contributed by atoms with Crippen molar-refractivity contribution >= 4 is 17.7 Å². The summed E-state index contributed by atoms with van der Waals surface area (Å²) >= 11 is 1.38. The van der Waals surface area contributed by atoms with Crippen LogP contribution < -0.4 is 14.5 Å². The Kier molecular flexibility index (Phi) is 4.97. The van der Waals surface area contributed by atoms with E-state index in [0.29, 0.717) is 23.3 Å². The molecule has 4 rings (SSSR count). The Hall–Kier alpha value is -3.00. The van der Waals surface area contributed by atoms with E-state index in [1.54, 1.807) is 16.8 Å². The van der Waals surface area contributed by atoms with Crippen LogP contribution in [0.5, 0.6) is 11.5 Å². The van der Waals surface area contributed by atoms with Gasteiger partial charge in [-0.05, 0) is 29.8 Å². The van der Waals surface area contributed by atoms with E-state index in [0.717, 1.165) is 17.1 Å². The van der Waals surface area contributed by atoms with E-state index < -0.39 is 0 Å². The van der Waals surface area contributed by atoms with Gasteiger partial charge in [0.15, 0.2) is 5.82 Å². The van der Waals surface area contributed by atoms with Crippen LogP contribution in [0.3, 0.4) is 0 Å². The van der Waals surface area contributed by atoms with Crippen LogP contribution in [-0.4, -0.2) is 33.6 Å². The zero-order valence-corrected chi connectivity index (χ0v) is 15.6. The zero-order chi connectivity index (χ0) is 18.6. The summed E-state index contributed by atoms with van der Waals surface area (Å²) in [4.78, 5) is 12.6. The number of rotatable bonds is 6. The van der Waals surface area contributed by atoms with Gasteiger partial charge in [-0.3, -0.25) is 4.79 Å². The van der Waals surface area contributed by atoms with Gasteiger partial charge in [0.25, 0.3) is 5.91 Å².